The Hall–Kier alpha value is -2.26. The van der Waals surface area contributed by atoms with Gasteiger partial charge in [0.05, 0.1) is 11.9 Å². The van der Waals surface area contributed by atoms with Crippen LogP contribution >= 0.6 is 0 Å². The quantitative estimate of drug-likeness (QED) is 0.781. The minimum Gasteiger partial charge on any atom is -0.480 e. The summed E-state index contributed by atoms with van der Waals surface area (Å²) in [5.41, 5.74) is 0.358. The maximum absolute atomic E-state index is 12.4. The Morgan fingerprint density at radius 2 is 2.17 bits per heavy atom. The Morgan fingerprint density at radius 3 is 2.74 bits per heavy atom. The predicted octanol–water partition coefficient (Wildman–Crippen LogP) is 1.11. The zero-order valence-electron chi connectivity index (χ0n) is 12.8. The Kier molecular flexibility index (Phi) is 5.12. The number of hydrogen-bond acceptors (Lipinski definition) is 5. The third-order valence-electron chi connectivity index (χ3n) is 3.29. The van der Waals surface area contributed by atoms with Gasteiger partial charge in [-0.15, -0.1) is 0 Å². The van der Waals surface area contributed by atoms with Crippen molar-refractivity contribution in [1.82, 2.24) is 19.5 Å². The van der Waals surface area contributed by atoms with Crippen molar-refractivity contribution in [3.8, 4) is 5.82 Å². The number of hydrogen-bond donors (Lipinski definition) is 2. The third-order valence-corrected chi connectivity index (χ3v) is 4.87. The Morgan fingerprint density at radius 1 is 1.43 bits per heavy atom. The van der Waals surface area contributed by atoms with Crippen LogP contribution in [0.25, 0.3) is 5.82 Å². The molecule has 0 aliphatic carbocycles. The fourth-order valence-electron chi connectivity index (χ4n) is 2.14. The van der Waals surface area contributed by atoms with Gasteiger partial charge >= 0.3 is 5.97 Å². The number of sulfonamides is 1. The summed E-state index contributed by atoms with van der Waals surface area (Å²) >= 11 is 0. The number of nitrogens with one attached hydrogen (secondary N) is 1. The molecule has 0 aromatic carbocycles. The van der Waals surface area contributed by atoms with E-state index in [0.717, 1.165) is 0 Å². The van der Waals surface area contributed by atoms with Gasteiger partial charge in [-0.2, -0.15) is 9.82 Å². The first-order chi connectivity index (χ1) is 10.9. The zero-order chi connectivity index (χ0) is 17.0. The average Bonchev–Trinajstić information content (AvgIpc) is 2.90. The topological polar surface area (TPSA) is 114 Å². The molecule has 1 atom stereocenters. The van der Waals surface area contributed by atoms with Gasteiger partial charge < -0.3 is 5.11 Å². The molecular weight excluding hydrogens is 320 g/mol. The van der Waals surface area contributed by atoms with Crippen LogP contribution in [0.5, 0.6) is 0 Å². The molecule has 0 spiro atoms. The van der Waals surface area contributed by atoms with Crippen LogP contribution in [0.1, 0.15) is 25.5 Å². The average molecular weight is 338 g/mol. The molecule has 2 aromatic rings. The number of carbonyl (C=O) groups is 1. The summed E-state index contributed by atoms with van der Waals surface area (Å²) in [6.45, 7) is 3.38. The molecule has 9 heteroatoms. The van der Waals surface area contributed by atoms with Crippen LogP contribution in [0.15, 0.2) is 35.5 Å². The molecule has 0 amide bonds. The monoisotopic (exact) mass is 338 g/mol. The smallest absolute Gasteiger partial charge is 0.321 e. The number of pyridine rings is 1. The van der Waals surface area contributed by atoms with Crippen LogP contribution in [0, 0.1) is 6.92 Å². The van der Waals surface area contributed by atoms with E-state index in [1.165, 1.54) is 10.9 Å². The second-order valence-corrected chi connectivity index (χ2v) is 6.68. The SMILES string of the molecule is CCCC(NS(=O)(=O)c1cnn(-c2ccccn2)c1C)C(=O)O. The summed E-state index contributed by atoms with van der Waals surface area (Å²) in [6, 6.07) is 4.03. The van der Waals surface area contributed by atoms with Gasteiger partial charge in [-0.25, -0.2) is 18.1 Å². The van der Waals surface area contributed by atoms with Crippen molar-refractivity contribution < 1.29 is 18.3 Å². The third kappa shape index (κ3) is 3.74. The zero-order valence-corrected chi connectivity index (χ0v) is 13.6. The summed E-state index contributed by atoms with van der Waals surface area (Å²) in [5.74, 6) is -0.722. The Labute approximate surface area is 134 Å². The van der Waals surface area contributed by atoms with Gasteiger partial charge in [0.15, 0.2) is 5.82 Å². The van der Waals surface area contributed by atoms with E-state index in [9.17, 15) is 13.2 Å². The summed E-state index contributed by atoms with van der Waals surface area (Å²) in [7, 11) is -3.99. The molecule has 0 saturated heterocycles. The van der Waals surface area contributed by atoms with E-state index in [2.05, 4.69) is 14.8 Å². The van der Waals surface area contributed by atoms with Gasteiger partial charge in [-0.3, -0.25) is 4.79 Å². The molecule has 23 heavy (non-hydrogen) atoms. The van der Waals surface area contributed by atoms with Gasteiger partial charge in [-0.05, 0) is 25.5 Å². The molecule has 1 unspecified atom stereocenters. The van der Waals surface area contributed by atoms with Crippen LogP contribution < -0.4 is 4.72 Å². The first-order valence-electron chi connectivity index (χ1n) is 7.08. The maximum Gasteiger partial charge on any atom is 0.321 e. The van der Waals surface area contributed by atoms with Crippen molar-refractivity contribution >= 4 is 16.0 Å². The van der Waals surface area contributed by atoms with E-state index in [0.29, 0.717) is 17.9 Å². The van der Waals surface area contributed by atoms with Gasteiger partial charge in [0.25, 0.3) is 0 Å². The molecule has 8 nitrogen and oxygen atoms in total. The fourth-order valence-corrected chi connectivity index (χ4v) is 3.52. The van der Waals surface area contributed by atoms with Crippen molar-refractivity contribution in [2.24, 2.45) is 0 Å². The highest BCUT2D eigenvalue weighted by atomic mass is 32.2. The summed E-state index contributed by atoms with van der Waals surface area (Å²) in [6.07, 6.45) is 3.52. The van der Waals surface area contributed by atoms with Crippen molar-refractivity contribution in [2.45, 2.75) is 37.6 Å². The summed E-state index contributed by atoms with van der Waals surface area (Å²) in [4.78, 5) is 15.2. The maximum atomic E-state index is 12.4. The second-order valence-electron chi connectivity index (χ2n) is 4.99. The van der Waals surface area contributed by atoms with Gasteiger partial charge in [0, 0.05) is 6.20 Å². The minimum absolute atomic E-state index is 0.0643. The lowest BCUT2D eigenvalue weighted by atomic mass is 10.2. The van der Waals surface area contributed by atoms with E-state index in [1.807, 2.05) is 0 Å². The highest BCUT2D eigenvalue weighted by Crippen LogP contribution is 2.18. The number of aliphatic carboxylic acids is 1. The molecule has 2 N–H and O–H groups in total. The molecule has 0 radical (unpaired) electrons. The van der Waals surface area contributed by atoms with Crippen LogP contribution in [0.4, 0.5) is 0 Å². The van der Waals surface area contributed by atoms with Crippen molar-refractivity contribution in [3.05, 3.63) is 36.3 Å². The molecule has 0 fully saturated rings. The standard InChI is InChI=1S/C14H18N4O4S/c1-3-6-11(14(19)20)17-23(21,22)12-9-16-18(10(12)2)13-7-4-5-8-15-13/h4-5,7-9,11,17H,3,6H2,1-2H3,(H,19,20). The van der Waals surface area contributed by atoms with E-state index >= 15 is 0 Å². The lowest BCUT2D eigenvalue weighted by Gasteiger charge is -2.13. The highest BCUT2D eigenvalue weighted by molar-refractivity contribution is 7.89. The lowest BCUT2D eigenvalue weighted by molar-refractivity contribution is -0.139. The molecule has 0 aliphatic heterocycles. The Balaban J connectivity index is 2.34. The van der Waals surface area contributed by atoms with Crippen molar-refractivity contribution in [1.29, 1.82) is 0 Å². The lowest BCUT2D eigenvalue weighted by Crippen LogP contribution is -2.40. The minimum atomic E-state index is -3.99. The van der Waals surface area contributed by atoms with E-state index in [4.69, 9.17) is 5.11 Å². The summed E-state index contributed by atoms with van der Waals surface area (Å²) < 4.78 is 28.5. The number of carboxylic acids is 1. The fraction of sp³-hybridized carbons (Fsp3) is 0.357. The van der Waals surface area contributed by atoms with Gasteiger partial charge in [0.2, 0.25) is 10.0 Å². The number of nitrogens with zero attached hydrogens (tertiary/aromatic N) is 3. The molecule has 124 valence electrons. The molecule has 0 saturated carbocycles. The molecular formula is C14H18N4O4S. The molecule has 2 rings (SSSR count). The molecule has 2 aromatic heterocycles. The van der Waals surface area contributed by atoms with E-state index in [1.54, 1.807) is 38.2 Å². The first-order valence-corrected chi connectivity index (χ1v) is 8.56. The highest BCUT2D eigenvalue weighted by Gasteiger charge is 2.28. The normalized spacial score (nSPS) is 13.0. The number of aromatic nitrogens is 3. The van der Waals surface area contributed by atoms with Crippen LogP contribution in [0.3, 0.4) is 0 Å². The molecule has 0 aliphatic rings. The predicted molar refractivity (Wildman–Crippen MR) is 82.7 cm³/mol. The number of rotatable bonds is 7. The van der Waals surface area contributed by atoms with Crippen molar-refractivity contribution in [3.63, 3.8) is 0 Å². The molecule has 2 heterocycles. The van der Waals surface area contributed by atoms with Crippen molar-refractivity contribution in [2.75, 3.05) is 0 Å². The van der Waals surface area contributed by atoms with Gasteiger partial charge in [-0.1, -0.05) is 19.4 Å². The first kappa shape index (κ1) is 17.1. The number of carboxylic acid groups (broad SMARTS) is 1. The van der Waals surface area contributed by atoms with E-state index in [-0.39, 0.29) is 11.3 Å². The Bertz CT molecular complexity index is 786. The van der Waals surface area contributed by atoms with Gasteiger partial charge in [0.1, 0.15) is 10.9 Å². The van der Waals surface area contributed by atoms with Crippen LogP contribution in [-0.4, -0.2) is 40.3 Å². The van der Waals surface area contributed by atoms with Crippen LogP contribution in [0.2, 0.25) is 0 Å². The second kappa shape index (κ2) is 6.88. The van der Waals surface area contributed by atoms with Crippen LogP contribution in [-0.2, 0) is 14.8 Å². The van der Waals surface area contributed by atoms with E-state index < -0.39 is 22.0 Å². The molecule has 0 bridgehead atoms. The summed E-state index contributed by atoms with van der Waals surface area (Å²) in [5, 5.41) is 13.1. The largest absolute Gasteiger partial charge is 0.480 e.